The van der Waals surface area contributed by atoms with Gasteiger partial charge >= 0.3 is 0 Å². The van der Waals surface area contributed by atoms with Crippen LogP contribution >= 0.6 is 0 Å². The monoisotopic (exact) mass is 377 g/mol. The average molecular weight is 377 g/mol. The highest BCUT2D eigenvalue weighted by Gasteiger charge is 2.24. The number of hydrogen-bond donors (Lipinski definition) is 1. The Kier molecular flexibility index (Phi) is 5.66. The molecule has 2 aromatic carbocycles. The van der Waals surface area contributed by atoms with Crippen molar-refractivity contribution < 1.29 is 9.90 Å². The zero-order valence-corrected chi connectivity index (χ0v) is 17.1. The van der Waals surface area contributed by atoms with Gasteiger partial charge in [0.25, 0.3) is 5.91 Å². The Hall–Kier alpha value is -2.92. The van der Waals surface area contributed by atoms with Crippen molar-refractivity contribution in [3.05, 3.63) is 76.6 Å². The van der Waals surface area contributed by atoms with E-state index in [1.165, 1.54) is 0 Å². The Bertz CT molecular complexity index is 990. The number of amides is 1. The maximum atomic E-state index is 13.0. The maximum absolute atomic E-state index is 13.0. The molecule has 28 heavy (non-hydrogen) atoms. The van der Waals surface area contributed by atoms with Gasteiger partial charge in [0.05, 0.1) is 18.3 Å². The summed E-state index contributed by atoms with van der Waals surface area (Å²) in [5.74, 6) is -0.0224. The van der Waals surface area contributed by atoms with Crippen LogP contribution in [0.5, 0.6) is 0 Å². The van der Waals surface area contributed by atoms with Crippen LogP contribution in [-0.4, -0.2) is 32.7 Å². The molecule has 0 radical (unpaired) electrons. The lowest BCUT2D eigenvalue weighted by Gasteiger charge is -2.26. The van der Waals surface area contributed by atoms with Crippen LogP contribution in [0, 0.1) is 13.8 Å². The minimum absolute atomic E-state index is 0.0142. The van der Waals surface area contributed by atoms with Gasteiger partial charge in [-0.3, -0.25) is 9.48 Å². The molecule has 0 unspecified atom stereocenters. The lowest BCUT2D eigenvalue weighted by molar-refractivity contribution is 0.0742. The molecule has 1 N–H and O–H groups in total. The highest BCUT2D eigenvalue weighted by atomic mass is 16.3. The Balaban J connectivity index is 1.82. The smallest absolute Gasteiger partial charge is 0.254 e. The Labute approximate surface area is 166 Å². The first-order valence-electron chi connectivity index (χ1n) is 9.41. The molecule has 0 saturated heterocycles. The highest BCUT2D eigenvalue weighted by Crippen LogP contribution is 2.27. The molecule has 5 heteroatoms. The number of carbonyl (C=O) groups excluding carboxylic acids is 1. The number of hydrogen-bond acceptors (Lipinski definition) is 3. The van der Waals surface area contributed by atoms with Crippen LogP contribution in [0.15, 0.2) is 48.5 Å². The van der Waals surface area contributed by atoms with Gasteiger partial charge in [-0.05, 0) is 55.7 Å². The van der Waals surface area contributed by atoms with E-state index in [9.17, 15) is 9.90 Å². The van der Waals surface area contributed by atoms with Gasteiger partial charge < -0.3 is 10.0 Å². The van der Waals surface area contributed by atoms with Gasteiger partial charge in [0, 0.05) is 30.9 Å². The SMILES string of the molecule is Cc1nn(C)c(C)c1[C@H](C)N(C)C(=O)c1ccc(-c2cccc(CO)c2)cc1. The topological polar surface area (TPSA) is 58.4 Å². The standard InChI is InChI=1S/C23H27N3O2/c1-15-22(17(3)26(5)24-15)16(2)25(4)23(28)20-11-9-19(10-12-20)21-8-6-7-18(13-21)14-27/h6-13,16,27H,14H2,1-5H3/t16-/m0/s1. The molecular weight excluding hydrogens is 350 g/mol. The van der Waals surface area contributed by atoms with Gasteiger partial charge in [-0.2, -0.15) is 5.10 Å². The summed E-state index contributed by atoms with van der Waals surface area (Å²) in [4.78, 5) is 14.8. The molecule has 0 bridgehead atoms. The van der Waals surface area contributed by atoms with Crippen LogP contribution in [0.25, 0.3) is 11.1 Å². The van der Waals surface area contributed by atoms with Crippen molar-refractivity contribution in [3.8, 4) is 11.1 Å². The molecule has 0 saturated carbocycles. The minimum Gasteiger partial charge on any atom is -0.392 e. The van der Waals surface area contributed by atoms with Crippen molar-refractivity contribution in [3.63, 3.8) is 0 Å². The van der Waals surface area contributed by atoms with Crippen molar-refractivity contribution in [1.29, 1.82) is 0 Å². The quantitative estimate of drug-likeness (QED) is 0.730. The third-order valence-corrected chi connectivity index (χ3v) is 5.46. The predicted octanol–water partition coefficient (Wildman–Crippen LogP) is 4.03. The van der Waals surface area contributed by atoms with Crippen molar-refractivity contribution in [2.75, 3.05) is 7.05 Å². The van der Waals surface area contributed by atoms with E-state index in [0.717, 1.165) is 33.6 Å². The first kappa shape index (κ1) is 19.8. The third kappa shape index (κ3) is 3.71. The van der Waals surface area contributed by atoms with E-state index < -0.39 is 0 Å². The molecule has 1 heterocycles. The fraction of sp³-hybridized carbons (Fsp3) is 0.304. The van der Waals surface area contributed by atoms with Crippen molar-refractivity contribution in [1.82, 2.24) is 14.7 Å². The summed E-state index contributed by atoms with van der Waals surface area (Å²) >= 11 is 0. The van der Waals surface area contributed by atoms with Crippen molar-refractivity contribution in [2.45, 2.75) is 33.4 Å². The Morgan fingerprint density at radius 3 is 2.39 bits per heavy atom. The molecular formula is C23H27N3O2. The van der Waals surface area contributed by atoms with Crippen molar-refractivity contribution >= 4 is 5.91 Å². The van der Waals surface area contributed by atoms with Gasteiger partial charge in [-0.1, -0.05) is 30.3 Å². The van der Waals surface area contributed by atoms with Crippen LogP contribution < -0.4 is 0 Å². The molecule has 0 aliphatic carbocycles. The van der Waals surface area contributed by atoms with Crippen LogP contribution in [0.4, 0.5) is 0 Å². The summed E-state index contributed by atoms with van der Waals surface area (Å²) in [5, 5.41) is 13.8. The number of aromatic nitrogens is 2. The molecule has 3 aromatic rings. The number of benzene rings is 2. The number of rotatable bonds is 5. The molecule has 1 amide bonds. The molecule has 0 aliphatic rings. The van der Waals surface area contributed by atoms with E-state index in [1.54, 1.807) is 4.90 Å². The van der Waals surface area contributed by atoms with Crippen LogP contribution in [0.2, 0.25) is 0 Å². The van der Waals surface area contributed by atoms with Gasteiger partial charge in [0.1, 0.15) is 0 Å². The molecule has 0 spiro atoms. The van der Waals surface area contributed by atoms with Crippen molar-refractivity contribution in [2.24, 2.45) is 7.05 Å². The zero-order valence-electron chi connectivity index (χ0n) is 17.1. The van der Waals surface area contributed by atoms with E-state index in [-0.39, 0.29) is 18.6 Å². The molecule has 0 aliphatic heterocycles. The number of aliphatic hydroxyl groups is 1. The number of aryl methyl sites for hydroxylation is 2. The van der Waals surface area contributed by atoms with E-state index in [1.807, 2.05) is 88.1 Å². The number of aliphatic hydroxyl groups excluding tert-OH is 1. The van der Waals surface area contributed by atoms with E-state index in [2.05, 4.69) is 5.10 Å². The summed E-state index contributed by atoms with van der Waals surface area (Å²) in [5.41, 5.74) is 6.67. The lowest BCUT2D eigenvalue weighted by Crippen LogP contribution is -2.30. The first-order chi connectivity index (χ1) is 13.3. The summed E-state index contributed by atoms with van der Waals surface area (Å²) in [7, 11) is 3.75. The normalized spacial score (nSPS) is 12.1. The second-order valence-corrected chi connectivity index (χ2v) is 7.24. The van der Waals surface area contributed by atoms with Crippen LogP contribution in [0.3, 0.4) is 0 Å². The molecule has 3 rings (SSSR count). The molecule has 0 fully saturated rings. The van der Waals surface area contributed by atoms with E-state index in [0.29, 0.717) is 5.56 Å². The lowest BCUT2D eigenvalue weighted by atomic mass is 10.0. The minimum atomic E-state index is -0.0675. The summed E-state index contributed by atoms with van der Waals surface area (Å²) in [6.07, 6.45) is 0. The fourth-order valence-electron chi connectivity index (χ4n) is 3.62. The zero-order chi connectivity index (χ0) is 20.4. The second-order valence-electron chi connectivity index (χ2n) is 7.24. The average Bonchev–Trinajstić information content (AvgIpc) is 2.98. The molecule has 1 aromatic heterocycles. The first-order valence-corrected chi connectivity index (χ1v) is 9.41. The Morgan fingerprint density at radius 2 is 1.82 bits per heavy atom. The van der Waals surface area contributed by atoms with E-state index >= 15 is 0 Å². The summed E-state index contributed by atoms with van der Waals surface area (Å²) in [6, 6.07) is 15.3. The van der Waals surface area contributed by atoms with Crippen LogP contribution in [0.1, 0.15) is 45.8 Å². The fourth-order valence-corrected chi connectivity index (χ4v) is 3.62. The number of carbonyl (C=O) groups is 1. The third-order valence-electron chi connectivity index (χ3n) is 5.46. The van der Waals surface area contributed by atoms with Gasteiger partial charge in [0.15, 0.2) is 0 Å². The van der Waals surface area contributed by atoms with Crippen LogP contribution in [-0.2, 0) is 13.7 Å². The summed E-state index contributed by atoms with van der Waals surface area (Å²) in [6.45, 7) is 6.05. The second kappa shape index (κ2) is 7.98. The van der Waals surface area contributed by atoms with Gasteiger partial charge in [0.2, 0.25) is 0 Å². The molecule has 1 atom stereocenters. The largest absolute Gasteiger partial charge is 0.392 e. The van der Waals surface area contributed by atoms with Gasteiger partial charge in [-0.15, -0.1) is 0 Å². The molecule has 5 nitrogen and oxygen atoms in total. The van der Waals surface area contributed by atoms with E-state index in [4.69, 9.17) is 0 Å². The maximum Gasteiger partial charge on any atom is 0.254 e. The molecule has 146 valence electrons. The van der Waals surface area contributed by atoms with Gasteiger partial charge in [-0.25, -0.2) is 0 Å². The number of nitrogens with zero attached hydrogens (tertiary/aromatic N) is 3. The predicted molar refractivity (Wildman–Crippen MR) is 111 cm³/mol. The summed E-state index contributed by atoms with van der Waals surface area (Å²) < 4.78 is 1.86. The Morgan fingerprint density at radius 1 is 1.14 bits per heavy atom. The highest BCUT2D eigenvalue weighted by molar-refractivity contribution is 5.94.